The zero-order valence-electron chi connectivity index (χ0n) is 33.5. The van der Waals surface area contributed by atoms with Gasteiger partial charge >= 0.3 is 0 Å². The number of nitrogens with zero attached hydrogens (tertiary/aromatic N) is 4. The number of methoxy groups -OCH3 is 1. The van der Waals surface area contributed by atoms with E-state index in [0.29, 0.717) is 44.3 Å². The molecule has 4 amide bonds. The highest BCUT2D eigenvalue weighted by molar-refractivity contribution is 6.07. The quantitative estimate of drug-likeness (QED) is 0.0939. The van der Waals surface area contributed by atoms with Crippen molar-refractivity contribution >= 4 is 56.8 Å². The highest BCUT2D eigenvalue weighted by Crippen LogP contribution is 2.37. The van der Waals surface area contributed by atoms with E-state index in [1.165, 1.54) is 30.5 Å². The number of aliphatic hydroxyl groups excluding tert-OH is 1. The van der Waals surface area contributed by atoms with Gasteiger partial charge in [0, 0.05) is 60.2 Å². The fourth-order valence-corrected chi connectivity index (χ4v) is 7.59. The van der Waals surface area contributed by atoms with Crippen LogP contribution in [0.1, 0.15) is 57.3 Å². The van der Waals surface area contributed by atoms with Crippen LogP contribution in [-0.4, -0.2) is 74.2 Å². The lowest BCUT2D eigenvalue weighted by Crippen LogP contribution is -2.52. The molecular weight excluding hydrogens is 790 g/mol. The van der Waals surface area contributed by atoms with Crippen molar-refractivity contribution in [2.75, 3.05) is 24.4 Å². The van der Waals surface area contributed by atoms with E-state index in [1.807, 2.05) is 19.1 Å². The monoisotopic (exact) mass is 829 g/mol. The maximum Gasteiger partial charge on any atom is 0.261 e. The molecule has 17 heteroatoms. The second kappa shape index (κ2) is 16.3. The molecule has 2 unspecified atom stereocenters. The number of hydrogen-bond acceptors (Lipinski definition) is 12. The van der Waals surface area contributed by atoms with Crippen molar-refractivity contribution in [2.24, 2.45) is 7.05 Å². The number of aliphatic hydroxyl groups is 1. The molecule has 312 valence electrons. The van der Waals surface area contributed by atoms with Crippen molar-refractivity contribution in [1.29, 1.82) is 0 Å². The van der Waals surface area contributed by atoms with Crippen LogP contribution in [0.25, 0.3) is 21.8 Å². The van der Waals surface area contributed by atoms with Gasteiger partial charge in [-0.05, 0) is 73.4 Å². The number of carbonyl (C=O) groups is 4. The number of halogens is 1. The first kappa shape index (κ1) is 40.4. The van der Waals surface area contributed by atoms with Gasteiger partial charge in [-0.25, -0.2) is 14.4 Å². The number of fused-ring (bicyclic) bond motifs is 3. The molecule has 2 aromatic heterocycles. The summed E-state index contributed by atoms with van der Waals surface area (Å²) in [6.45, 7) is 3.63. The lowest BCUT2D eigenvalue weighted by Gasteiger charge is -2.29. The van der Waals surface area contributed by atoms with Gasteiger partial charge in [0.1, 0.15) is 24.5 Å². The fraction of sp³-hybridized carbons (Fsp3) is 0.250. The molecular formula is C44H40FN7O9. The molecule has 8 rings (SSSR count). The standard InChI is InChI=1S/C44H40FN7O9/c1-5-23-6-10-32-29(14-23)40(55)39(22(2)51(32)3)42(57)49-26-9-12-34(30(45)16-26)61-43-28-17-35(59-4)36(18-31(28)46-21-47-43)60-20-38(54)48-25-8-7-24-19-52(44(58)27(24)15-25)33-11-13-37(53)50-41(33)56/h6-10,12,14-18,21,33,38,48,54H,5,11,13,19-20H2,1-4H3,(H,49,57)(H,50,53,56). The number of ether oxygens (including phenoxy) is 3. The summed E-state index contributed by atoms with van der Waals surface area (Å²) in [5, 5.41) is 19.4. The van der Waals surface area contributed by atoms with Crippen molar-refractivity contribution in [1.82, 2.24) is 24.8 Å². The normalized spacial score (nSPS) is 15.4. The first-order valence-corrected chi connectivity index (χ1v) is 19.4. The van der Waals surface area contributed by atoms with Gasteiger partial charge in [0.2, 0.25) is 23.1 Å². The van der Waals surface area contributed by atoms with E-state index >= 15 is 4.39 Å². The van der Waals surface area contributed by atoms with Gasteiger partial charge in [0.05, 0.1) is 23.5 Å². The lowest BCUT2D eigenvalue weighted by atomic mass is 10.0. The van der Waals surface area contributed by atoms with Crippen LogP contribution in [0.3, 0.4) is 0 Å². The van der Waals surface area contributed by atoms with Crippen molar-refractivity contribution < 1.29 is 42.9 Å². The van der Waals surface area contributed by atoms with Crippen LogP contribution >= 0.6 is 0 Å². The first-order chi connectivity index (χ1) is 29.3. The molecule has 0 radical (unpaired) electrons. The van der Waals surface area contributed by atoms with E-state index in [2.05, 4.69) is 25.9 Å². The number of aryl methyl sites for hydroxylation is 2. The van der Waals surface area contributed by atoms with Gasteiger partial charge in [0.15, 0.2) is 29.3 Å². The number of nitrogens with one attached hydrogen (secondary N) is 3. The lowest BCUT2D eigenvalue weighted by molar-refractivity contribution is -0.136. The van der Waals surface area contributed by atoms with Crippen LogP contribution in [0.5, 0.6) is 23.1 Å². The Hall–Kier alpha value is -7.40. The largest absolute Gasteiger partial charge is 0.493 e. The average Bonchev–Trinajstić information content (AvgIpc) is 3.57. The van der Waals surface area contributed by atoms with Crippen LogP contribution < -0.4 is 35.6 Å². The third kappa shape index (κ3) is 7.78. The van der Waals surface area contributed by atoms with Gasteiger partial charge in [-0.1, -0.05) is 19.1 Å². The molecule has 0 saturated carbocycles. The molecule has 2 aliphatic rings. The topological polar surface area (TPSA) is 203 Å². The van der Waals surface area contributed by atoms with E-state index in [4.69, 9.17) is 14.2 Å². The zero-order chi connectivity index (χ0) is 43.1. The minimum absolute atomic E-state index is 0.00343. The van der Waals surface area contributed by atoms with Gasteiger partial charge in [-0.3, -0.25) is 29.3 Å². The first-order valence-electron chi connectivity index (χ1n) is 19.4. The Morgan fingerprint density at radius 1 is 0.984 bits per heavy atom. The Balaban J connectivity index is 0.933. The number of anilines is 2. The predicted molar refractivity (Wildman–Crippen MR) is 221 cm³/mol. The van der Waals surface area contributed by atoms with E-state index in [-0.39, 0.29) is 72.2 Å². The summed E-state index contributed by atoms with van der Waals surface area (Å²) >= 11 is 0. The van der Waals surface area contributed by atoms with Crippen LogP contribution in [0.2, 0.25) is 0 Å². The molecule has 2 atom stereocenters. The predicted octanol–water partition coefficient (Wildman–Crippen LogP) is 5.12. The number of pyridine rings is 1. The minimum atomic E-state index is -1.24. The van der Waals surface area contributed by atoms with Crippen LogP contribution in [0.15, 0.2) is 77.9 Å². The average molecular weight is 830 g/mol. The van der Waals surface area contributed by atoms with E-state index in [0.717, 1.165) is 18.1 Å². The summed E-state index contributed by atoms with van der Waals surface area (Å²) in [5.74, 6) is -2.45. The molecule has 6 aromatic rings. The summed E-state index contributed by atoms with van der Waals surface area (Å²) in [7, 11) is 3.19. The fourth-order valence-electron chi connectivity index (χ4n) is 7.59. The maximum atomic E-state index is 15.5. The number of aromatic nitrogens is 3. The molecule has 1 saturated heterocycles. The molecule has 4 N–H and O–H groups in total. The Labute approximate surface area is 347 Å². The number of amides is 4. The second-order valence-corrected chi connectivity index (χ2v) is 14.7. The molecule has 1 fully saturated rings. The van der Waals surface area contributed by atoms with Gasteiger partial charge in [-0.15, -0.1) is 0 Å². The van der Waals surface area contributed by atoms with Gasteiger partial charge < -0.3 is 39.4 Å². The van der Waals surface area contributed by atoms with Crippen molar-refractivity contribution in [3.05, 3.63) is 117 Å². The molecule has 0 spiro atoms. The number of rotatable bonds is 12. The van der Waals surface area contributed by atoms with Crippen LogP contribution in [-0.2, 0) is 29.6 Å². The SMILES string of the molecule is CCc1ccc2c(c1)c(=O)c(C(=O)Nc1ccc(Oc3ncnc4cc(OCC(O)Nc5ccc6c(c5)C(=O)N(C5CCC(=O)NC5=O)C6)c(OC)cc34)c(F)c1)c(C)n2C. The third-order valence-corrected chi connectivity index (χ3v) is 10.9. The number of imide groups is 1. The number of benzene rings is 4. The highest BCUT2D eigenvalue weighted by Gasteiger charge is 2.39. The van der Waals surface area contributed by atoms with Crippen molar-refractivity contribution in [3.8, 4) is 23.1 Å². The number of piperidine rings is 1. The minimum Gasteiger partial charge on any atom is -0.493 e. The zero-order valence-corrected chi connectivity index (χ0v) is 33.5. The molecule has 2 aliphatic heterocycles. The number of carbonyl (C=O) groups excluding carboxylic acids is 4. The molecule has 4 aromatic carbocycles. The third-order valence-electron chi connectivity index (χ3n) is 10.9. The second-order valence-electron chi connectivity index (χ2n) is 14.7. The maximum absolute atomic E-state index is 15.5. The summed E-state index contributed by atoms with van der Waals surface area (Å²) in [6.07, 6.45) is 1.11. The highest BCUT2D eigenvalue weighted by atomic mass is 19.1. The Morgan fingerprint density at radius 2 is 1.79 bits per heavy atom. The van der Waals surface area contributed by atoms with Crippen molar-refractivity contribution in [3.63, 3.8) is 0 Å². The van der Waals surface area contributed by atoms with Crippen LogP contribution in [0, 0.1) is 12.7 Å². The Morgan fingerprint density at radius 3 is 2.54 bits per heavy atom. The van der Waals surface area contributed by atoms with Gasteiger partial charge in [-0.2, -0.15) is 0 Å². The number of hydrogen-bond donors (Lipinski definition) is 4. The van der Waals surface area contributed by atoms with E-state index in [1.54, 1.807) is 54.9 Å². The molecule has 0 bridgehead atoms. The van der Waals surface area contributed by atoms with E-state index in [9.17, 15) is 29.1 Å². The Kier molecular flexibility index (Phi) is 10.8. The van der Waals surface area contributed by atoms with Crippen molar-refractivity contribution in [2.45, 2.75) is 51.9 Å². The Bertz CT molecular complexity index is 2860. The summed E-state index contributed by atoms with van der Waals surface area (Å²) in [4.78, 5) is 74.1. The van der Waals surface area contributed by atoms with Gasteiger partial charge in [0.25, 0.3) is 11.8 Å². The smallest absolute Gasteiger partial charge is 0.261 e. The van der Waals surface area contributed by atoms with E-state index < -0.39 is 35.3 Å². The molecule has 4 heterocycles. The summed E-state index contributed by atoms with van der Waals surface area (Å²) < 4.78 is 34.7. The van der Waals surface area contributed by atoms with Crippen LogP contribution in [0.4, 0.5) is 15.8 Å². The molecule has 0 aliphatic carbocycles. The molecule has 16 nitrogen and oxygen atoms in total. The molecule has 61 heavy (non-hydrogen) atoms. The summed E-state index contributed by atoms with van der Waals surface area (Å²) in [6, 6.07) is 16.8. The summed E-state index contributed by atoms with van der Waals surface area (Å²) in [5.41, 5.74) is 3.65.